The number of hydrogen-bond acceptors (Lipinski definition) is 5. The van der Waals surface area contributed by atoms with Gasteiger partial charge in [-0.2, -0.15) is 0 Å². The summed E-state index contributed by atoms with van der Waals surface area (Å²) in [6, 6.07) is 15.3. The number of aliphatic imine (C=N–C) groups is 1. The Bertz CT molecular complexity index is 1760. The van der Waals surface area contributed by atoms with Gasteiger partial charge in [-0.3, -0.25) is 19.8 Å². The number of nitrogens with one attached hydrogen (secondary N) is 3. The second-order valence-corrected chi connectivity index (χ2v) is 17.0. The Morgan fingerprint density at radius 1 is 0.811 bits per heavy atom. The third-order valence-corrected chi connectivity index (χ3v) is 11.0. The standard InChI is InChI=1S/C40H49Cl4N5O3S/c1-5-6-7-8-9-10-11-12-13-14-15-20-34(50)45-27-21-22-28(42)32(25-27)46-37-36(38(51)49(48-37)35-29(43)23-26(41)24-30(35)44)53-33-19-17-16-18-31(33)47-39(52)40(2,3)4/h16-19,21-25,36H,5-15,20H2,1-4H3,(H,45,50)(H,46,48)(H,47,52). The van der Waals surface area contributed by atoms with Crippen molar-refractivity contribution in [3.05, 3.63) is 74.7 Å². The van der Waals surface area contributed by atoms with Crippen LogP contribution in [0.15, 0.2) is 64.5 Å². The summed E-state index contributed by atoms with van der Waals surface area (Å²) in [7, 11) is 0. The van der Waals surface area contributed by atoms with Crippen LogP contribution >= 0.6 is 58.2 Å². The predicted octanol–water partition coefficient (Wildman–Crippen LogP) is 12.7. The van der Waals surface area contributed by atoms with Gasteiger partial charge in [0.25, 0.3) is 5.91 Å². The molecular weight excluding hydrogens is 772 g/mol. The van der Waals surface area contributed by atoms with E-state index in [1.165, 1.54) is 80.3 Å². The monoisotopic (exact) mass is 819 g/mol. The van der Waals surface area contributed by atoms with Crippen molar-refractivity contribution in [2.75, 3.05) is 15.6 Å². The molecule has 0 bridgehead atoms. The van der Waals surface area contributed by atoms with Gasteiger partial charge >= 0.3 is 0 Å². The number of carbonyl (C=O) groups excluding carboxylic acids is 3. The van der Waals surface area contributed by atoms with E-state index >= 15 is 0 Å². The summed E-state index contributed by atoms with van der Waals surface area (Å²) >= 11 is 27.1. The number of nitrogens with zero attached hydrogens (tertiary/aromatic N) is 2. The third kappa shape index (κ3) is 12.8. The molecular formula is C40H49Cl4N5O3S. The molecule has 3 amide bonds. The summed E-state index contributed by atoms with van der Waals surface area (Å²) in [5, 5.41) is 7.20. The minimum atomic E-state index is -0.930. The molecule has 1 atom stereocenters. The lowest BCUT2D eigenvalue weighted by atomic mass is 9.95. The first-order valence-electron chi connectivity index (χ1n) is 18.3. The molecule has 1 heterocycles. The van der Waals surface area contributed by atoms with Crippen molar-refractivity contribution >= 4 is 104 Å². The molecule has 8 nitrogen and oxygen atoms in total. The van der Waals surface area contributed by atoms with Crippen LogP contribution in [-0.4, -0.2) is 28.8 Å². The Labute approximate surface area is 338 Å². The zero-order valence-corrected chi connectivity index (χ0v) is 34.6. The summed E-state index contributed by atoms with van der Waals surface area (Å²) in [6.07, 6.45) is 13.7. The fraction of sp³-hybridized carbons (Fsp3) is 0.450. The Balaban J connectivity index is 1.50. The first kappa shape index (κ1) is 42.8. The van der Waals surface area contributed by atoms with Crippen molar-refractivity contribution in [2.24, 2.45) is 10.4 Å². The van der Waals surface area contributed by atoms with Gasteiger partial charge in [0.05, 0.1) is 26.4 Å². The number of unbranched alkanes of at least 4 members (excludes halogenated alkanes) is 10. The first-order chi connectivity index (χ1) is 25.3. The van der Waals surface area contributed by atoms with Crippen molar-refractivity contribution in [1.29, 1.82) is 0 Å². The number of amidine groups is 1. The minimum Gasteiger partial charge on any atom is -0.326 e. The number of hydrazine groups is 1. The third-order valence-electron chi connectivity index (χ3n) is 8.66. The van der Waals surface area contributed by atoms with Gasteiger partial charge in [0.15, 0.2) is 0 Å². The second-order valence-electron chi connectivity index (χ2n) is 14.2. The number of halogens is 4. The van der Waals surface area contributed by atoms with Gasteiger partial charge in [-0.1, -0.05) is 150 Å². The largest absolute Gasteiger partial charge is 0.326 e. The Morgan fingerprint density at radius 2 is 1.42 bits per heavy atom. The van der Waals surface area contributed by atoms with Crippen molar-refractivity contribution in [1.82, 2.24) is 5.43 Å². The van der Waals surface area contributed by atoms with Crippen LogP contribution in [-0.2, 0) is 14.4 Å². The lowest BCUT2D eigenvalue weighted by Gasteiger charge is -2.20. The van der Waals surface area contributed by atoms with Crippen LogP contribution in [0, 0.1) is 5.41 Å². The molecule has 3 N–H and O–H groups in total. The van der Waals surface area contributed by atoms with E-state index in [4.69, 9.17) is 51.4 Å². The molecule has 0 aromatic heterocycles. The summed E-state index contributed by atoms with van der Waals surface area (Å²) in [5.41, 5.74) is 4.07. The maximum absolute atomic E-state index is 14.2. The fourth-order valence-electron chi connectivity index (χ4n) is 5.66. The normalized spacial score (nSPS) is 15.2. The average Bonchev–Trinajstić information content (AvgIpc) is 3.38. The zero-order valence-electron chi connectivity index (χ0n) is 30.8. The van der Waals surface area contributed by atoms with Gasteiger partial charge in [0.2, 0.25) is 11.8 Å². The molecule has 1 aliphatic rings. The summed E-state index contributed by atoms with van der Waals surface area (Å²) in [6.45, 7) is 7.71. The van der Waals surface area contributed by atoms with Gasteiger partial charge in [-0.15, -0.1) is 11.8 Å². The van der Waals surface area contributed by atoms with Crippen molar-refractivity contribution in [2.45, 2.75) is 115 Å². The van der Waals surface area contributed by atoms with Crippen LogP contribution in [0.4, 0.5) is 22.7 Å². The van der Waals surface area contributed by atoms with Crippen LogP contribution in [0.2, 0.25) is 20.1 Å². The number of carbonyl (C=O) groups is 3. The highest BCUT2D eigenvalue weighted by Gasteiger charge is 2.41. The van der Waals surface area contributed by atoms with Gasteiger partial charge in [-0.05, 0) is 48.9 Å². The molecule has 1 aliphatic heterocycles. The topological polar surface area (TPSA) is 103 Å². The number of benzene rings is 3. The molecule has 0 aliphatic carbocycles. The van der Waals surface area contributed by atoms with Crippen LogP contribution in [0.1, 0.15) is 105 Å². The Kier molecular flexibility index (Phi) is 16.7. The van der Waals surface area contributed by atoms with Gasteiger partial charge in [-0.25, -0.2) is 10.0 Å². The predicted molar refractivity (Wildman–Crippen MR) is 225 cm³/mol. The zero-order chi connectivity index (χ0) is 38.5. The quantitative estimate of drug-likeness (QED) is 0.111. The number of thioether (sulfide) groups is 1. The van der Waals surface area contributed by atoms with E-state index in [9.17, 15) is 14.4 Å². The molecule has 1 unspecified atom stereocenters. The Morgan fingerprint density at radius 3 is 2.04 bits per heavy atom. The summed E-state index contributed by atoms with van der Waals surface area (Å²) in [4.78, 5) is 45.4. The van der Waals surface area contributed by atoms with E-state index in [1.807, 2.05) is 39.0 Å². The molecule has 0 spiro atoms. The van der Waals surface area contributed by atoms with Gasteiger partial charge < -0.3 is 10.6 Å². The van der Waals surface area contributed by atoms with Crippen molar-refractivity contribution in [3.63, 3.8) is 0 Å². The molecule has 286 valence electrons. The van der Waals surface area contributed by atoms with Gasteiger partial charge in [0, 0.05) is 27.4 Å². The smallest absolute Gasteiger partial charge is 0.267 e. The highest BCUT2D eigenvalue weighted by molar-refractivity contribution is 8.01. The lowest BCUT2D eigenvalue weighted by molar-refractivity contribution is -0.123. The minimum absolute atomic E-state index is 0.0865. The molecule has 1 fully saturated rings. The van der Waals surface area contributed by atoms with Crippen LogP contribution in [0.25, 0.3) is 0 Å². The molecule has 3 aromatic carbocycles. The van der Waals surface area contributed by atoms with E-state index in [1.54, 1.807) is 24.3 Å². The molecule has 0 saturated carbocycles. The summed E-state index contributed by atoms with van der Waals surface area (Å²) < 4.78 is 0. The maximum Gasteiger partial charge on any atom is 0.267 e. The Hall–Kier alpha value is -2.95. The van der Waals surface area contributed by atoms with Crippen LogP contribution in [0.3, 0.4) is 0 Å². The highest BCUT2D eigenvalue weighted by atomic mass is 35.5. The molecule has 1 saturated heterocycles. The number of anilines is 3. The number of rotatable bonds is 18. The van der Waals surface area contributed by atoms with E-state index in [0.29, 0.717) is 38.4 Å². The van der Waals surface area contributed by atoms with E-state index in [0.717, 1.165) is 19.3 Å². The SMILES string of the molecule is CCCCCCCCCCCCCC(=O)Nc1ccc(Cl)c(N=C2NN(c3c(Cl)cc(Cl)cc3Cl)C(=O)C2Sc2ccccc2NC(=O)C(C)(C)C)c1. The second kappa shape index (κ2) is 20.7. The number of hydrogen-bond donors (Lipinski definition) is 3. The van der Waals surface area contributed by atoms with Crippen molar-refractivity contribution < 1.29 is 14.4 Å². The lowest BCUT2D eigenvalue weighted by Crippen LogP contribution is -2.36. The van der Waals surface area contributed by atoms with Crippen molar-refractivity contribution in [3.8, 4) is 0 Å². The van der Waals surface area contributed by atoms with E-state index in [2.05, 4.69) is 23.0 Å². The maximum atomic E-state index is 14.2. The van der Waals surface area contributed by atoms with E-state index in [-0.39, 0.29) is 33.4 Å². The average molecular weight is 822 g/mol. The van der Waals surface area contributed by atoms with Crippen LogP contribution < -0.4 is 21.1 Å². The van der Waals surface area contributed by atoms with Crippen LogP contribution in [0.5, 0.6) is 0 Å². The first-order valence-corrected chi connectivity index (χ1v) is 20.7. The summed E-state index contributed by atoms with van der Waals surface area (Å²) in [5.74, 6) is -0.433. The fourth-order valence-corrected chi connectivity index (χ4v) is 7.88. The molecule has 53 heavy (non-hydrogen) atoms. The molecule has 4 rings (SSSR count). The highest BCUT2D eigenvalue weighted by Crippen LogP contribution is 2.41. The molecule has 0 radical (unpaired) electrons. The van der Waals surface area contributed by atoms with Gasteiger partial charge in [0.1, 0.15) is 16.8 Å². The molecule has 3 aromatic rings. The number of amides is 3. The molecule has 13 heteroatoms. The van der Waals surface area contributed by atoms with E-state index < -0.39 is 16.6 Å². The number of para-hydroxylation sites is 1.